The van der Waals surface area contributed by atoms with E-state index in [4.69, 9.17) is 9.47 Å². The van der Waals surface area contributed by atoms with Crippen molar-refractivity contribution in [2.45, 2.75) is 37.9 Å². The van der Waals surface area contributed by atoms with Crippen molar-refractivity contribution in [1.29, 1.82) is 0 Å². The second-order valence-corrected chi connectivity index (χ2v) is 5.90. The van der Waals surface area contributed by atoms with Crippen LogP contribution >= 0.6 is 0 Å². The number of carbonyl (C=O) groups excluding carboxylic acids is 1. The third kappa shape index (κ3) is 5.12. The highest BCUT2D eigenvalue weighted by Crippen LogP contribution is 2.37. The molecule has 2 rings (SSSR count). The lowest BCUT2D eigenvalue weighted by atomic mass is 9.85. The average Bonchev–Trinajstić information content (AvgIpc) is 2.55. The van der Waals surface area contributed by atoms with Crippen molar-refractivity contribution in [3.05, 3.63) is 29.8 Å². The SMILES string of the molecule is COCCOc1ccccc1C(=O)NC1CCC(C(F)(F)F)CC1. The lowest BCUT2D eigenvalue weighted by molar-refractivity contribution is -0.182. The maximum absolute atomic E-state index is 12.7. The molecule has 1 fully saturated rings. The number of hydrogen-bond donors (Lipinski definition) is 1. The van der Waals surface area contributed by atoms with Crippen molar-refractivity contribution in [2.24, 2.45) is 5.92 Å². The van der Waals surface area contributed by atoms with E-state index in [9.17, 15) is 18.0 Å². The van der Waals surface area contributed by atoms with Gasteiger partial charge in [0.15, 0.2) is 0 Å². The fraction of sp³-hybridized carbons (Fsp3) is 0.588. The quantitative estimate of drug-likeness (QED) is 0.802. The molecule has 0 unspecified atom stereocenters. The van der Waals surface area contributed by atoms with E-state index in [1.54, 1.807) is 31.4 Å². The molecule has 0 spiro atoms. The minimum Gasteiger partial charge on any atom is -0.490 e. The lowest BCUT2D eigenvalue weighted by Crippen LogP contribution is -2.40. The number of amides is 1. The molecular weight excluding hydrogens is 323 g/mol. The van der Waals surface area contributed by atoms with Crippen LogP contribution < -0.4 is 10.1 Å². The molecule has 1 aliphatic rings. The van der Waals surface area contributed by atoms with E-state index >= 15 is 0 Å². The Bertz CT molecular complexity index is 540. The molecule has 1 aliphatic carbocycles. The monoisotopic (exact) mass is 345 g/mol. The van der Waals surface area contributed by atoms with Gasteiger partial charge in [-0.2, -0.15) is 13.2 Å². The summed E-state index contributed by atoms with van der Waals surface area (Å²) in [6.45, 7) is 0.717. The molecule has 1 aromatic carbocycles. The van der Waals surface area contributed by atoms with Crippen LogP contribution in [0.15, 0.2) is 24.3 Å². The van der Waals surface area contributed by atoms with Crippen LogP contribution in [0, 0.1) is 5.92 Å². The average molecular weight is 345 g/mol. The van der Waals surface area contributed by atoms with Gasteiger partial charge in [-0.3, -0.25) is 4.79 Å². The molecule has 0 saturated heterocycles. The predicted octanol–water partition coefficient (Wildman–Crippen LogP) is 3.56. The first kappa shape index (κ1) is 18.6. The molecule has 24 heavy (non-hydrogen) atoms. The van der Waals surface area contributed by atoms with E-state index in [0.29, 0.717) is 37.4 Å². The minimum atomic E-state index is -4.14. The highest BCUT2D eigenvalue weighted by atomic mass is 19.4. The van der Waals surface area contributed by atoms with Crippen LogP contribution in [0.4, 0.5) is 13.2 Å². The van der Waals surface area contributed by atoms with Crippen LogP contribution in [0.1, 0.15) is 36.0 Å². The van der Waals surface area contributed by atoms with E-state index in [1.165, 1.54) is 0 Å². The highest BCUT2D eigenvalue weighted by Gasteiger charge is 2.41. The number of rotatable bonds is 6. The Morgan fingerprint density at radius 3 is 2.46 bits per heavy atom. The summed E-state index contributed by atoms with van der Waals surface area (Å²) in [5.41, 5.74) is 0.381. The van der Waals surface area contributed by atoms with Gasteiger partial charge in [-0.15, -0.1) is 0 Å². The Morgan fingerprint density at radius 2 is 1.83 bits per heavy atom. The summed E-state index contributed by atoms with van der Waals surface area (Å²) in [6, 6.07) is 6.57. The second-order valence-electron chi connectivity index (χ2n) is 5.90. The van der Waals surface area contributed by atoms with Crippen molar-refractivity contribution < 1.29 is 27.4 Å². The number of halogens is 3. The lowest BCUT2D eigenvalue weighted by Gasteiger charge is -2.30. The van der Waals surface area contributed by atoms with Gasteiger partial charge in [0.2, 0.25) is 0 Å². The molecule has 1 amide bonds. The van der Waals surface area contributed by atoms with Crippen LogP contribution in [0.5, 0.6) is 5.75 Å². The third-order valence-electron chi connectivity index (χ3n) is 4.20. The van der Waals surface area contributed by atoms with Crippen LogP contribution in [-0.4, -0.2) is 38.4 Å². The number of methoxy groups -OCH3 is 1. The largest absolute Gasteiger partial charge is 0.490 e. The summed E-state index contributed by atoms with van der Waals surface area (Å²) in [5.74, 6) is -1.13. The minimum absolute atomic E-state index is 0.0560. The molecule has 134 valence electrons. The fourth-order valence-electron chi connectivity index (χ4n) is 2.84. The van der Waals surface area contributed by atoms with E-state index < -0.39 is 12.1 Å². The summed E-state index contributed by atoms with van der Waals surface area (Å²) in [5, 5.41) is 2.82. The summed E-state index contributed by atoms with van der Waals surface area (Å²) >= 11 is 0. The molecular formula is C17H22F3NO3. The van der Waals surface area contributed by atoms with Crippen molar-refractivity contribution in [3.8, 4) is 5.75 Å². The van der Waals surface area contributed by atoms with E-state index in [0.717, 1.165) is 0 Å². The number of para-hydroxylation sites is 1. The number of carbonyl (C=O) groups is 1. The zero-order valence-electron chi connectivity index (χ0n) is 13.6. The molecule has 4 nitrogen and oxygen atoms in total. The van der Waals surface area contributed by atoms with Gasteiger partial charge in [0.1, 0.15) is 12.4 Å². The first-order valence-electron chi connectivity index (χ1n) is 8.00. The van der Waals surface area contributed by atoms with Crippen LogP contribution in [0.3, 0.4) is 0 Å². The van der Waals surface area contributed by atoms with Gasteiger partial charge in [-0.25, -0.2) is 0 Å². The molecule has 0 radical (unpaired) electrons. The zero-order valence-corrected chi connectivity index (χ0v) is 13.6. The Kier molecular flexibility index (Phi) is 6.48. The molecule has 0 aliphatic heterocycles. The van der Waals surface area contributed by atoms with Gasteiger partial charge in [0.25, 0.3) is 5.91 Å². The standard InChI is InChI=1S/C17H22F3NO3/c1-23-10-11-24-15-5-3-2-4-14(15)16(22)21-13-8-6-12(7-9-13)17(18,19)20/h2-5,12-13H,6-11H2,1H3,(H,21,22). The zero-order chi connectivity index (χ0) is 17.6. The third-order valence-corrected chi connectivity index (χ3v) is 4.20. The van der Waals surface area contributed by atoms with Gasteiger partial charge in [-0.05, 0) is 37.8 Å². The van der Waals surface area contributed by atoms with Crippen LogP contribution in [0.2, 0.25) is 0 Å². The van der Waals surface area contributed by atoms with Gasteiger partial charge in [0.05, 0.1) is 18.1 Å². The molecule has 0 atom stereocenters. The van der Waals surface area contributed by atoms with E-state index in [-0.39, 0.29) is 24.8 Å². The number of benzene rings is 1. The summed E-state index contributed by atoms with van der Waals surface area (Å²) in [4.78, 5) is 12.4. The van der Waals surface area contributed by atoms with E-state index in [1.807, 2.05) is 0 Å². The second kappa shape index (κ2) is 8.37. The van der Waals surface area contributed by atoms with Gasteiger partial charge in [0, 0.05) is 13.2 Å². The fourth-order valence-corrected chi connectivity index (χ4v) is 2.84. The first-order valence-corrected chi connectivity index (χ1v) is 8.00. The number of ether oxygens (including phenoxy) is 2. The van der Waals surface area contributed by atoms with Crippen molar-refractivity contribution in [1.82, 2.24) is 5.32 Å². The van der Waals surface area contributed by atoms with Crippen molar-refractivity contribution in [2.75, 3.05) is 20.3 Å². The Hall–Kier alpha value is -1.76. The molecule has 0 bridgehead atoms. The summed E-state index contributed by atoms with van der Waals surface area (Å²) in [6.07, 6.45) is -3.36. The Balaban J connectivity index is 1.91. The van der Waals surface area contributed by atoms with Crippen molar-refractivity contribution >= 4 is 5.91 Å². The molecule has 0 heterocycles. The van der Waals surface area contributed by atoms with Crippen LogP contribution in [0.25, 0.3) is 0 Å². The molecule has 0 aromatic heterocycles. The van der Waals surface area contributed by atoms with Crippen molar-refractivity contribution in [3.63, 3.8) is 0 Å². The predicted molar refractivity (Wildman–Crippen MR) is 83.1 cm³/mol. The number of alkyl halides is 3. The van der Waals surface area contributed by atoms with Gasteiger partial charge in [-0.1, -0.05) is 12.1 Å². The van der Waals surface area contributed by atoms with E-state index in [2.05, 4.69) is 5.32 Å². The number of hydrogen-bond acceptors (Lipinski definition) is 3. The maximum Gasteiger partial charge on any atom is 0.391 e. The topological polar surface area (TPSA) is 47.6 Å². The summed E-state index contributed by atoms with van der Waals surface area (Å²) < 4.78 is 48.5. The van der Waals surface area contributed by atoms with Gasteiger partial charge < -0.3 is 14.8 Å². The highest BCUT2D eigenvalue weighted by molar-refractivity contribution is 5.97. The Morgan fingerprint density at radius 1 is 1.17 bits per heavy atom. The van der Waals surface area contributed by atoms with Gasteiger partial charge >= 0.3 is 6.18 Å². The normalized spacial score (nSPS) is 21.3. The number of nitrogens with one attached hydrogen (secondary N) is 1. The molecule has 1 aromatic rings. The molecule has 1 N–H and O–H groups in total. The maximum atomic E-state index is 12.7. The first-order chi connectivity index (χ1) is 11.4. The molecule has 7 heteroatoms. The van der Waals surface area contributed by atoms with Crippen LogP contribution in [-0.2, 0) is 4.74 Å². The summed E-state index contributed by atoms with van der Waals surface area (Å²) in [7, 11) is 1.55. The Labute approximate surface area is 139 Å². The molecule has 1 saturated carbocycles. The smallest absolute Gasteiger partial charge is 0.391 e.